The van der Waals surface area contributed by atoms with Gasteiger partial charge in [-0.25, -0.2) is 4.79 Å². The summed E-state index contributed by atoms with van der Waals surface area (Å²) in [5.41, 5.74) is -0.219. The van der Waals surface area contributed by atoms with Gasteiger partial charge in [0.05, 0.1) is 12.5 Å². The molecule has 0 aliphatic heterocycles. The van der Waals surface area contributed by atoms with Gasteiger partial charge in [-0.2, -0.15) is 0 Å². The van der Waals surface area contributed by atoms with Gasteiger partial charge in [-0.15, -0.1) is 0 Å². The van der Waals surface area contributed by atoms with Gasteiger partial charge >= 0.3 is 11.7 Å². The van der Waals surface area contributed by atoms with E-state index in [4.69, 9.17) is 5.11 Å². The van der Waals surface area contributed by atoms with Crippen LogP contribution in [0.3, 0.4) is 0 Å². The maximum atomic E-state index is 11.3. The molecular formula is C9H12N2O3. The van der Waals surface area contributed by atoms with E-state index in [1.54, 1.807) is 12.4 Å². The van der Waals surface area contributed by atoms with Gasteiger partial charge in [-0.05, 0) is 18.8 Å². The molecule has 1 aromatic rings. The normalized spacial score (nSPS) is 18.0. The number of rotatable bonds is 4. The molecule has 1 aliphatic rings. The molecule has 1 aliphatic carbocycles. The molecule has 1 atom stereocenters. The number of hydrogen-bond donors (Lipinski definition) is 2. The topological polar surface area (TPSA) is 75.1 Å². The molecule has 0 bridgehead atoms. The van der Waals surface area contributed by atoms with Crippen LogP contribution in [0, 0.1) is 5.92 Å². The van der Waals surface area contributed by atoms with Crippen molar-refractivity contribution >= 4 is 5.97 Å². The Morgan fingerprint density at radius 2 is 2.43 bits per heavy atom. The van der Waals surface area contributed by atoms with E-state index in [2.05, 4.69) is 4.98 Å². The Labute approximate surface area is 80.4 Å². The first-order chi connectivity index (χ1) is 6.68. The first-order valence-corrected chi connectivity index (χ1v) is 4.66. The van der Waals surface area contributed by atoms with Crippen molar-refractivity contribution in [1.82, 2.24) is 9.55 Å². The van der Waals surface area contributed by atoms with Gasteiger partial charge in [0.15, 0.2) is 0 Å². The molecule has 0 spiro atoms. The number of aromatic amines is 1. The van der Waals surface area contributed by atoms with E-state index in [1.807, 2.05) is 0 Å². The highest BCUT2D eigenvalue weighted by molar-refractivity contribution is 5.67. The Bertz CT molecular complexity index is 389. The largest absolute Gasteiger partial charge is 0.481 e. The number of carboxylic acids is 1. The van der Waals surface area contributed by atoms with E-state index in [9.17, 15) is 9.59 Å². The summed E-state index contributed by atoms with van der Waals surface area (Å²) in [6.45, 7) is 0. The monoisotopic (exact) mass is 196 g/mol. The summed E-state index contributed by atoms with van der Waals surface area (Å²) in [5, 5.41) is 8.72. The number of imidazole rings is 1. The molecule has 0 saturated heterocycles. The second kappa shape index (κ2) is 3.32. The summed E-state index contributed by atoms with van der Waals surface area (Å²) in [6, 6.07) is -0.175. The third kappa shape index (κ3) is 1.71. The molecule has 76 valence electrons. The lowest BCUT2D eigenvalue weighted by molar-refractivity contribution is -0.138. The van der Waals surface area contributed by atoms with Crippen LogP contribution in [0.1, 0.15) is 25.3 Å². The van der Waals surface area contributed by atoms with Gasteiger partial charge in [0, 0.05) is 12.4 Å². The Morgan fingerprint density at radius 1 is 1.71 bits per heavy atom. The summed E-state index contributed by atoms with van der Waals surface area (Å²) in [7, 11) is 0. The zero-order chi connectivity index (χ0) is 10.1. The fourth-order valence-corrected chi connectivity index (χ4v) is 1.74. The van der Waals surface area contributed by atoms with Gasteiger partial charge in [-0.1, -0.05) is 0 Å². The fourth-order valence-electron chi connectivity index (χ4n) is 1.74. The average molecular weight is 196 g/mol. The van der Waals surface area contributed by atoms with Crippen LogP contribution in [-0.2, 0) is 4.79 Å². The molecule has 5 nitrogen and oxygen atoms in total. The van der Waals surface area contributed by atoms with Crippen LogP contribution in [0.4, 0.5) is 0 Å². The summed E-state index contributed by atoms with van der Waals surface area (Å²) in [4.78, 5) is 24.4. The summed E-state index contributed by atoms with van der Waals surface area (Å²) >= 11 is 0. The molecule has 2 N–H and O–H groups in total. The van der Waals surface area contributed by atoms with Crippen molar-refractivity contribution in [1.29, 1.82) is 0 Å². The van der Waals surface area contributed by atoms with Crippen molar-refractivity contribution in [2.24, 2.45) is 5.92 Å². The molecule has 5 heteroatoms. The summed E-state index contributed by atoms with van der Waals surface area (Å²) < 4.78 is 1.49. The molecule has 0 amide bonds. The highest BCUT2D eigenvalue weighted by atomic mass is 16.4. The second-order valence-corrected chi connectivity index (χ2v) is 3.68. The number of carbonyl (C=O) groups is 1. The van der Waals surface area contributed by atoms with Crippen LogP contribution in [-0.4, -0.2) is 20.6 Å². The number of H-pyrrole nitrogens is 1. The molecule has 2 rings (SSSR count). The molecule has 1 fully saturated rings. The van der Waals surface area contributed by atoms with Crippen molar-refractivity contribution in [3.8, 4) is 0 Å². The number of hydrogen-bond acceptors (Lipinski definition) is 2. The van der Waals surface area contributed by atoms with Gasteiger partial charge in [-0.3, -0.25) is 9.36 Å². The molecular weight excluding hydrogens is 184 g/mol. The van der Waals surface area contributed by atoms with E-state index < -0.39 is 5.97 Å². The maximum absolute atomic E-state index is 11.3. The van der Waals surface area contributed by atoms with Gasteiger partial charge < -0.3 is 10.1 Å². The van der Waals surface area contributed by atoms with E-state index in [-0.39, 0.29) is 18.2 Å². The predicted octanol–water partition coefficient (Wildman–Crippen LogP) is 0.602. The molecule has 14 heavy (non-hydrogen) atoms. The fraction of sp³-hybridized carbons (Fsp3) is 0.556. The lowest BCUT2D eigenvalue weighted by Crippen LogP contribution is -2.25. The minimum atomic E-state index is -0.852. The Hall–Kier alpha value is -1.52. The number of nitrogens with zero attached hydrogens (tertiary/aromatic N) is 1. The molecule has 1 saturated carbocycles. The third-order valence-electron chi connectivity index (χ3n) is 2.58. The first kappa shape index (κ1) is 9.05. The van der Waals surface area contributed by atoms with Crippen LogP contribution < -0.4 is 5.69 Å². The SMILES string of the molecule is O=C(O)CC(C1CC1)n1cc[nH]c1=O. The summed E-state index contributed by atoms with van der Waals surface area (Å²) in [6.07, 6.45) is 5.24. The minimum Gasteiger partial charge on any atom is -0.481 e. The summed E-state index contributed by atoms with van der Waals surface area (Å²) in [5.74, 6) is -0.491. The standard InChI is InChI=1S/C9H12N2O3/c12-8(13)5-7(6-1-2-6)11-4-3-10-9(11)14/h3-4,6-7H,1-2,5H2,(H,10,14)(H,12,13). The van der Waals surface area contributed by atoms with Crippen LogP contribution in [0.2, 0.25) is 0 Å². The number of carboxylic acid groups (broad SMARTS) is 1. The second-order valence-electron chi connectivity index (χ2n) is 3.68. The average Bonchev–Trinajstić information content (AvgIpc) is 2.86. The smallest absolute Gasteiger partial charge is 0.325 e. The number of nitrogens with one attached hydrogen (secondary N) is 1. The van der Waals surface area contributed by atoms with Crippen molar-refractivity contribution in [3.63, 3.8) is 0 Å². The lowest BCUT2D eigenvalue weighted by atomic mass is 10.1. The maximum Gasteiger partial charge on any atom is 0.325 e. The van der Waals surface area contributed by atoms with Crippen molar-refractivity contribution in [2.45, 2.75) is 25.3 Å². The molecule has 0 aromatic carbocycles. The van der Waals surface area contributed by atoms with E-state index in [0.29, 0.717) is 5.92 Å². The number of aromatic nitrogens is 2. The highest BCUT2D eigenvalue weighted by Gasteiger charge is 2.34. The Kier molecular flexibility index (Phi) is 2.15. The van der Waals surface area contributed by atoms with Crippen LogP contribution >= 0.6 is 0 Å². The third-order valence-corrected chi connectivity index (χ3v) is 2.58. The van der Waals surface area contributed by atoms with E-state index in [1.165, 1.54) is 4.57 Å². The Morgan fingerprint density at radius 3 is 2.86 bits per heavy atom. The molecule has 1 heterocycles. The zero-order valence-corrected chi connectivity index (χ0v) is 7.64. The first-order valence-electron chi connectivity index (χ1n) is 4.66. The van der Waals surface area contributed by atoms with Crippen molar-refractivity contribution in [2.75, 3.05) is 0 Å². The van der Waals surface area contributed by atoms with Crippen LogP contribution in [0.15, 0.2) is 17.2 Å². The van der Waals surface area contributed by atoms with Gasteiger partial charge in [0.25, 0.3) is 0 Å². The molecule has 1 aromatic heterocycles. The molecule has 1 unspecified atom stereocenters. The lowest BCUT2D eigenvalue weighted by Gasteiger charge is -2.13. The number of aliphatic carboxylic acids is 1. The van der Waals surface area contributed by atoms with E-state index >= 15 is 0 Å². The van der Waals surface area contributed by atoms with Crippen molar-refractivity contribution in [3.05, 3.63) is 22.9 Å². The zero-order valence-electron chi connectivity index (χ0n) is 7.64. The van der Waals surface area contributed by atoms with Gasteiger partial charge in [0.2, 0.25) is 0 Å². The van der Waals surface area contributed by atoms with E-state index in [0.717, 1.165) is 12.8 Å². The van der Waals surface area contributed by atoms with Gasteiger partial charge in [0.1, 0.15) is 0 Å². The van der Waals surface area contributed by atoms with Crippen LogP contribution in [0.25, 0.3) is 0 Å². The minimum absolute atomic E-state index is 0.0302. The highest BCUT2D eigenvalue weighted by Crippen LogP contribution is 2.40. The molecule has 0 radical (unpaired) electrons. The quantitative estimate of drug-likeness (QED) is 0.740. The Balaban J connectivity index is 2.22. The predicted molar refractivity (Wildman–Crippen MR) is 49.1 cm³/mol. The van der Waals surface area contributed by atoms with Crippen molar-refractivity contribution < 1.29 is 9.90 Å². The van der Waals surface area contributed by atoms with Crippen LogP contribution in [0.5, 0.6) is 0 Å².